The molecule has 2 aromatic carbocycles. The van der Waals surface area contributed by atoms with Crippen molar-refractivity contribution < 1.29 is 9.59 Å². The van der Waals surface area contributed by atoms with E-state index >= 15 is 0 Å². The van der Waals surface area contributed by atoms with E-state index in [1.807, 2.05) is 54.2 Å². The fraction of sp³-hybridized carbons (Fsp3) is 0.158. The fourth-order valence-corrected chi connectivity index (χ4v) is 3.65. The van der Waals surface area contributed by atoms with E-state index in [1.54, 1.807) is 12.1 Å². The van der Waals surface area contributed by atoms with E-state index < -0.39 is 5.92 Å². The monoisotopic (exact) mass is 382 g/mol. The van der Waals surface area contributed by atoms with Gasteiger partial charge in [0.15, 0.2) is 0 Å². The third-order valence-corrected chi connectivity index (χ3v) is 5.06. The van der Waals surface area contributed by atoms with Crippen LogP contribution in [0.5, 0.6) is 0 Å². The minimum absolute atomic E-state index is 0.153. The van der Waals surface area contributed by atoms with Crippen LogP contribution < -0.4 is 4.90 Å². The summed E-state index contributed by atoms with van der Waals surface area (Å²) in [6.45, 7) is 0. The van der Waals surface area contributed by atoms with Crippen LogP contribution in [0.3, 0.4) is 0 Å². The molecule has 1 aromatic heterocycles. The summed E-state index contributed by atoms with van der Waals surface area (Å²) in [6, 6.07) is 15.2. The van der Waals surface area contributed by atoms with Gasteiger partial charge in [-0.1, -0.05) is 34.1 Å². The number of hydrogen-bond acceptors (Lipinski definition) is 2. The molecular weight excluding hydrogens is 368 g/mol. The number of halogens is 1. The molecule has 4 nitrogen and oxygen atoms in total. The summed E-state index contributed by atoms with van der Waals surface area (Å²) < 4.78 is 2.92. The normalized spacial score (nSPS) is 17.9. The molecule has 120 valence electrons. The van der Waals surface area contributed by atoms with E-state index in [2.05, 4.69) is 15.9 Å². The van der Waals surface area contributed by atoms with Crippen molar-refractivity contribution in [3.8, 4) is 0 Å². The number of rotatable bonds is 2. The minimum atomic E-state index is -0.424. The topological polar surface area (TPSA) is 42.3 Å². The second kappa shape index (κ2) is 5.60. The number of hydrogen-bond donors (Lipinski definition) is 0. The second-order valence-electron chi connectivity index (χ2n) is 6.01. The zero-order valence-corrected chi connectivity index (χ0v) is 14.7. The van der Waals surface area contributed by atoms with Crippen LogP contribution in [0.4, 0.5) is 5.69 Å². The lowest BCUT2D eigenvalue weighted by Crippen LogP contribution is -2.29. The number of aryl methyl sites for hydroxylation is 1. The number of amides is 2. The zero-order chi connectivity index (χ0) is 16.8. The zero-order valence-electron chi connectivity index (χ0n) is 13.1. The summed E-state index contributed by atoms with van der Waals surface area (Å²) in [7, 11) is 1.96. The van der Waals surface area contributed by atoms with Gasteiger partial charge in [-0.3, -0.25) is 14.5 Å². The molecule has 1 saturated heterocycles. The van der Waals surface area contributed by atoms with E-state index in [0.717, 1.165) is 20.9 Å². The van der Waals surface area contributed by atoms with Crippen molar-refractivity contribution >= 4 is 44.3 Å². The maximum absolute atomic E-state index is 12.9. The van der Waals surface area contributed by atoms with Crippen molar-refractivity contribution in [2.24, 2.45) is 7.05 Å². The number of aromatic nitrogens is 1. The van der Waals surface area contributed by atoms with E-state index in [-0.39, 0.29) is 18.2 Å². The number of para-hydroxylation sites is 1. The summed E-state index contributed by atoms with van der Waals surface area (Å²) in [5.74, 6) is -0.730. The van der Waals surface area contributed by atoms with E-state index in [4.69, 9.17) is 0 Å². The van der Waals surface area contributed by atoms with Gasteiger partial charge in [0, 0.05) is 35.0 Å². The molecule has 3 aromatic rings. The Morgan fingerprint density at radius 3 is 2.50 bits per heavy atom. The molecule has 5 heteroatoms. The quantitative estimate of drug-likeness (QED) is 0.628. The van der Waals surface area contributed by atoms with Gasteiger partial charge in [-0.25, -0.2) is 0 Å². The molecule has 0 spiro atoms. The van der Waals surface area contributed by atoms with Crippen LogP contribution in [0.15, 0.2) is 59.2 Å². The lowest BCUT2D eigenvalue weighted by molar-refractivity contribution is -0.121. The lowest BCUT2D eigenvalue weighted by atomic mass is 9.97. The van der Waals surface area contributed by atoms with Crippen LogP contribution in [0.2, 0.25) is 0 Å². The molecule has 1 aliphatic heterocycles. The molecule has 1 fully saturated rings. The Morgan fingerprint density at radius 1 is 1.04 bits per heavy atom. The van der Waals surface area contributed by atoms with Crippen molar-refractivity contribution in [1.82, 2.24) is 4.57 Å². The molecule has 24 heavy (non-hydrogen) atoms. The van der Waals surface area contributed by atoms with Crippen LogP contribution in [0.1, 0.15) is 17.9 Å². The number of benzene rings is 2. The van der Waals surface area contributed by atoms with Gasteiger partial charge in [-0.2, -0.15) is 0 Å². The van der Waals surface area contributed by atoms with E-state index in [0.29, 0.717) is 5.69 Å². The van der Waals surface area contributed by atoms with Crippen molar-refractivity contribution in [3.05, 3.63) is 64.8 Å². The van der Waals surface area contributed by atoms with Crippen molar-refractivity contribution in [3.63, 3.8) is 0 Å². The molecule has 2 amide bonds. The Labute approximate surface area is 147 Å². The van der Waals surface area contributed by atoms with Gasteiger partial charge in [0.25, 0.3) is 0 Å². The highest BCUT2D eigenvalue weighted by molar-refractivity contribution is 9.10. The van der Waals surface area contributed by atoms with Crippen LogP contribution in [0.25, 0.3) is 10.9 Å². The Morgan fingerprint density at radius 2 is 1.75 bits per heavy atom. The molecular formula is C19H15BrN2O2. The predicted octanol–water partition coefficient (Wildman–Crippen LogP) is 3.99. The standard InChI is InChI=1S/C19H15BrN2O2/c1-21-11-16(14-4-2-3-5-17(14)21)15-10-18(23)22(19(15)24)13-8-6-12(20)7-9-13/h2-9,11,15H,10H2,1H3/t15-/m0/s1. The first-order valence-electron chi connectivity index (χ1n) is 7.72. The minimum Gasteiger partial charge on any atom is -0.350 e. The lowest BCUT2D eigenvalue weighted by Gasteiger charge is -2.15. The Bertz CT molecular complexity index is 959. The van der Waals surface area contributed by atoms with Gasteiger partial charge < -0.3 is 4.57 Å². The molecule has 1 aliphatic rings. The molecule has 0 saturated carbocycles. The summed E-state index contributed by atoms with van der Waals surface area (Å²) in [6.07, 6.45) is 2.18. The van der Waals surface area contributed by atoms with Crippen LogP contribution in [-0.4, -0.2) is 16.4 Å². The maximum atomic E-state index is 12.9. The number of carbonyl (C=O) groups excluding carboxylic acids is 2. The Hall–Kier alpha value is -2.40. The number of nitrogens with zero attached hydrogens (tertiary/aromatic N) is 2. The number of anilines is 1. The van der Waals surface area contributed by atoms with Gasteiger partial charge in [-0.05, 0) is 35.9 Å². The smallest absolute Gasteiger partial charge is 0.241 e. The first kappa shape index (κ1) is 15.1. The van der Waals surface area contributed by atoms with E-state index in [9.17, 15) is 9.59 Å². The molecule has 0 N–H and O–H groups in total. The van der Waals surface area contributed by atoms with Gasteiger partial charge in [0.1, 0.15) is 0 Å². The molecule has 4 rings (SSSR count). The third-order valence-electron chi connectivity index (χ3n) is 4.53. The van der Waals surface area contributed by atoms with Crippen LogP contribution in [-0.2, 0) is 16.6 Å². The van der Waals surface area contributed by atoms with E-state index in [1.165, 1.54) is 4.90 Å². The molecule has 1 atom stereocenters. The van der Waals surface area contributed by atoms with Crippen LogP contribution in [0, 0.1) is 0 Å². The van der Waals surface area contributed by atoms with Crippen molar-refractivity contribution in [2.45, 2.75) is 12.3 Å². The summed E-state index contributed by atoms with van der Waals surface area (Å²) in [5, 5.41) is 1.03. The average molecular weight is 383 g/mol. The summed E-state index contributed by atoms with van der Waals surface area (Å²) in [5.41, 5.74) is 2.61. The number of fused-ring (bicyclic) bond motifs is 1. The van der Waals surface area contributed by atoms with Crippen molar-refractivity contribution in [1.29, 1.82) is 0 Å². The molecule has 0 unspecified atom stereocenters. The average Bonchev–Trinajstić information content (AvgIpc) is 3.06. The SMILES string of the molecule is Cn1cc([C@@H]2CC(=O)N(c3ccc(Br)cc3)C2=O)c2ccccc21. The van der Waals surface area contributed by atoms with Gasteiger partial charge in [0.2, 0.25) is 11.8 Å². The maximum Gasteiger partial charge on any atom is 0.241 e. The van der Waals surface area contributed by atoms with Gasteiger partial charge in [-0.15, -0.1) is 0 Å². The highest BCUT2D eigenvalue weighted by Crippen LogP contribution is 2.37. The number of carbonyl (C=O) groups is 2. The Kier molecular flexibility index (Phi) is 3.53. The van der Waals surface area contributed by atoms with Crippen molar-refractivity contribution in [2.75, 3.05) is 4.90 Å². The summed E-state index contributed by atoms with van der Waals surface area (Å²) in [4.78, 5) is 26.7. The third kappa shape index (κ3) is 2.27. The van der Waals surface area contributed by atoms with Crippen LogP contribution >= 0.6 is 15.9 Å². The van der Waals surface area contributed by atoms with Gasteiger partial charge >= 0.3 is 0 Å². The predicted molar refractivity (Wildman–Crippen MR) is 96.9 cm³/mol. The first-order chi connectivity index (χ1) is 11.6. The molecule has 0 aliphatic carbocycles. The number of imide groups is 1. The second-order valence-corrected chi connectivity index (χ2v) is 6.93. The largest absolute Gasteiger partial charge is 0.350 e. The first-order valence-corrected chi connectivity index (χ1v) is 8.52. The van der Waals surface area contributed by atoms with Gasteiger partial charge in [0.05, 0.1) is 11.6 Å². The molecule has 0 bridgehead atoms. The highest BCUT2D eigenvalue weighted by atomic mass is 79.9. The summed E-state index contributed by atoms with van der Waals surface area (Å²) >= 11 is 3.37. The fourth-order valence-electron chi connectivity index (χ4n) is 3.39. The highest BCUT2D eigenvalue weighted by Gasteiger charge is 2.41. The molecule has 0 radical (unpaired) electrons. The Balaban J connectivity index is 1.76. The molecule has 2 heterocycles.